The summed E-state index contributed by atoms with van der Waals surface area (Å²) in [6.07, 6.45) is 0. The molecule has 0 aliphatic heterocycles. The van der Waals surface area contributed by atoms with E-state index >= 15 is 0 Å². The van der Waals surface area contributed by atoms with Gasteiger partial charge in [0.05, 0.1) is 9.82 Å². The predicted octanol–water partition coefficient (Wildman–Crippen LogP) is 1.56. The number of halogens is 1. The summed E-state index contributed by atoms with van der Waals surface area (Å²) in [5.74, 6) is 0. The van der Waals surface area contributed by atoms with Crippen LogP contribution in [-0.2, 0) is 9.05 Å². The summed E-state index contributed by atoms with van der Waals surface area (Å²) in [6.45, 7) is 0. The van der Waals surface area contributed by atoms with Crippen LogP contribution in [0.25, 0.3) is 0 Å². The maximum absolute atomic E-state index is 10.9. The van der Waals surface area contributed by atoms with E-state index in [-0.39, 0.29) is 16.3 Å². The lowest BCUT2D eigenvalue weighted by Gasteiger charge is -2.02. The van der Waals surface area contributed by atoms with Gasteiger partial charge in [-0.25, -0.2) is 8.42 Å². The Kier molecular flexibility index (Phi) is 3.15. The Bertz CT molecular complexity index is 500. The average Bonchev–Trinajstić information content (AvgIpc) is 2.15. The number of nitro benzene ring substituents is 1. The minimum atomic E-state index is -3.94. The summed E-state index contributed by atoms with van der Waals surface area (Å²) in [5.41, 5.74) is -0.108. The lowest BCUT2D eigenvalue weighted by molar-refractivity contribution is -0.384. The van der Waals surface area contributed by atoms with Crippen LogP contribution in [0, 0.1) is 10.1 Å². The fourth-order valence-corrected chi connectivity index (χ4v) is 1.80. The molecule has 0 aliphatic rings. The lowest BCUT2D eigenvalue weighted by atomic mass is 10.3. The molecular weight excluding hydrogens is 244 g/mol. The number of benzene rings is 1. The van der Waals surface area contributed by atoms with Crippen LogP contribution in [0.3, 0.4) is 0 Å². The number of nitrogens with zero attached hydrogens (tertiary/aromatic N) is 1. The van der Waals surface area contributed by atoms with Gasteiger partial charge in [-0.15, -0.1) is 0 Å². The maximum atomic E-state index is 10.9. The molecule has 1 rings (SSSR count). The van der Waals surface area contributed by atoms with E-state index in [9.17, 15) is 18.5 Å². The molecule has 0 unspecified atom stereocenters. The van der Waals surface area contributed by atoms with Crippen LogP contribution < -0.4 is 5.32 Å². The third kappa shape index (κ3) is 2.57. The van der Waals surface area contributed by atoms with Gasteiger partial charge in [0.15, 0.2) is 0 Å². The van der Waals surface area contributed by atoms with E-state index < -0.39 is 14.0 Å². The maximum Gasteiger partial charge on any atom is 0.293 e. The van der Waals surface area contributed by atoms with Gasteiger partial charge in [-0.05, 0) is 12.1 Å². The topological polar surface area (TPSA) is 89.3 Å². The standard InChI is InChI=1S/C7H7ClN2O4S/c1-9-6-3-2-5(15(8,13)14)4-7(6)10(11)12/h2-4,9H,1H3. The van der Waals surface area contributed by atoms with E-state index in [1.807, 2.05) is 0 Å². The highest BCUT2D eigenvalue weighted by atomic mass is 35.7. The molecule has 0 radical (unpaired) electrons. The van der Waals surface area contributed by atoms with Crippen LogP contribution in [-0.4, -0.2) is 20.4 Å². The van der Waals surface area contributed by atoms with E-state index in [1.165, 1.54) is 19.2 Å². The van der Waals surface area contributed by atoms with Gasteiger partial charge >= 0.3 is 0 Å². The molecular formula is C7H7ClN2O4S. The molecule has 0 heterocycles. The van der Waals surface area contributed by atoms with Crippen LogP contribution in [0.1, 0.15) is 0 Å². The summed E-state index contributed by atoms with van der Waals surface area (Å²) in [4.78, 5) is 9.61. The molecule has 1 N–H and O–H groups in total. The monoisotopic (exact) mass is 250 g/mol. The average molecular weight is 251 g/mol. The first-order valence-corrected chi connectivity index (χ1v) is 6.08. The molecule has 1 aromatic rings. The number of nitrogens with one attached hydrogen (secondary N) is 1. The van der Waals surface area contributed by atoms with Crippen LogP contribution in [0.4, 0.5) is 11.4 Å². The molecule has 0 fully saturated rings. The van der Waals surface area contributed by atoms with E-state index in [1.54, 1.807) is 0 Å². The van der Waals surface area contributed by atoms with Gasteiger partial charge in [0.1, 0.15) is 5.69 Å². The Balaban J connectivity index is 3.42. The van der Waals surface area contributed by atoms with E-state index in [4.69, 9.17) is 10.7 Å². The third-order valence-electron chi connectivity index (χ3n) is 1.72. The molecule has 6 nitrogen and oxygen atoms in total. The largest absolute Gasteiger partial charge is 0.383 e. The van der Waals surface area contributed by atoms with Crippen LogP contribution in [0.2, 0.25) is 0 Å². The van der Waals surface area contributed by atoms with Gasteiger partial charge in [0.25, 0.3) is 14.7 Å². The van der Waals surface area contributed by atoms with Crippen molar-refractivity contribution in [3.8, 4) is 0 Å². The minimum absolute atomic E-state index is 0.226. The molecule has 0 aromatic heterocycles. The molecule has 0 atom stereocenters. The highest BCUT2D eigenvalue weighted by molar-refractivity contribution is 8.13. The van der Waals surface area contributed by atoms with Crippen molar-refractivity contribution >= 4 is 31.1 Å². The molecule has 8 heteroatoms. The zero-order valence-corrected chi connectivity index (χ0v) is 9.17. The van der Waals surface area contributed by atoms with E-state index in [2.05, 4.69) is 5.32 Å². The quantitative estimate of drug-likeness (QED) is 0.500. The molecule has 15 heavy (non-hydrogen) atoms. The first-order chi connectivity index (χ1) is 6.86. The molecule has 0 spiro atoms. The van der Waals surface area contributed by atoms with E-state index in [0.29, 0.717) is 0 Å². The zero-order valence-electron chi connectivity index (χ0n) is 7.60. The van der Waals surface area contributed by atoms with Crippen molar-refractivity contribution in [3.05, 3.63) is 28.3 Å². The summed E-state index contributed by atoms with van der Waals surface area (Å²) in [6, 6.07) is 3.39. The van der Waals surface area contributed by atoms with Crippen molar-refractivity contribution in [3.63, 3.8) is 0 Å². The highest BCUT2D eigenvalue weighted by Crippen LogP contribution is 2.28. The SMILES string of the molecule is CNc1ccc(S(=O)(=O)Cl)cc1[N+](=O)[O-]. The predicted molar refractivity (Wildman–Crippen MR) is 55.7 cm³/mol. The third-order valence-corrected chi connectivity index (χ3v) is 3.07. The van der Waals surface area contributed by atoms with Gasteiger partial charge in [0, 0.05) is 23.8 Å². The summed E-state index contributed by atoms with van der Waals surface area (Å²) < 4.78 is 21.9. The van der Waals surface area contributed by atoms with Crippen molar-refractivity contribution < 1.29 is 13.3 Å². The number of nitro groups is 1. The van der Waals surface area contributed by atoms with Gasteiger partial charge < -0.3 is 5.32 Å². The Hall–Kier alpha value is -1.34. The normalized spacial score (nSPS) is 11.1. The summed E-state index contributed by atoms with van der Waals surface area (Å²) >= 11 is 0. The number of hydrogen-bond donors (Lipinski definition) is 1. The van der Waals surface area contributed by atoms with Crippen molar-refractivity contribution in [2.45, 2.75) is 4.90 Å². The Labute approximate surface area is 90.4 Å². The second kappa shape index (κ2) is 4.03. The Morgan fingerprint density at radius 1 is 1.47 bits per heavy atom. The Morgan fingerprint density at radius 3 is 2.47 bits per heavy atom. The minimum Gasteiger partial charge on any atom is -0.383 e. The molecule has 0 aliphatic carbocycles. The fraction of sp³-hybridized carbons (Fsp3) is 0.143. The van der Waals surface area contributed by atoms with Crippen molar-refractivity contribution in [1.29, 1.82) is 0 Å². The van der Waals surface area contributed by atoms with Crippen molar-refractivity contribution in [2.24, 2.45) is 0 Å². The summed E-state index contributed by atoms with van der Waals surface area (Å²) in [5, 5.41) is 13.2. The Morgan fingerprint density at radius 2 is 2.07 bits per heavy atom. The van der Waals surface area contributed by atoms with Crippen LogP contribution in [0.5, 0.6) is 0 Å². The second-order valence-corrected chi connectivity index (χ2v) is 5.19. The first-order valence-electron chi connectivity index (χ1n) is 3.77. The summed E-state index contributed by atoms with van der Waals surface area (Å²) in [7, 11) is 2.61. The molecule has 82 valence electrons. The second-order valence-electron chi connectivity index (χ2n) is 2.62. The molecule has 0 bridgehead atoms. The lowest BCUT2D eigenvalue weighted by Crippen LogP contribution is -1.99. The number of hydrogen-bond acceptors (Lipinski definition) is 5. The fourth-order valence-electron chi connectivity index (χ4n) is 1.03. The molecule has 1 aromatic carbocycles. The van der Waals surface area contributed by atoms with Gasteiger partial charge in [0.2, 0.25) is 0 Å². The van der Waals surface area contributed by atoms with E-state index in [0.717, 1.165) is 6.07 Å². The van der Waals surface area contributed by atoms with Gasteiger partial charge in [-0.3, -0.25) is 10.1 Å². The van der Waals surface area contributed by atoms with Gasteiger partial charge in [-0.1, -0.05) is 0 Å². The smallest absolute Gasteiger partial charge is 0.293 e. The van der Waals surface area contributed by atoms with Crippen molar-refractivity contribution in [1.82, 2.24) is 0 Å². The van der Waals surface area contributed by atoms with Crippen LogP contribution in [0.15, 0.2) is 23.1 Å². The van der Waals surface area contributed by atoms with Crippen LogP contribution >= 0.6 is 10.7 Å². The number of rotatable bonds is 3. The molecule has 0 amide bonds. The molecule has 0 saturated heterocycles. The number of anilines is 1. The zero-order chi connectivity index (χ0) is 11.6. The highest BCUT2D eigenvalue weighted by Gasteiger charge is 2.18. The molecule has 0 saturated carbocycles. The first kappa shape index (κ1) is 11.7. The van der Waals surface area contributed by atoms with Crippen molar-refractivity contribution in [2.75, 3.05) is 12.4 Å². The van der Waals surface area contributed by atoms with Gasteiger partial charge in [-0.2, -0.15) is 0 Å².